The predicted octanol–water partition coefficient (Wildman–Crippen LogP) is 2.91. The summed E-state index contributed by atoms with van der Waals surface area (Å²) in [6.45, 7) is 1.48. The minimum atomic E-state index is -0.627. The van der Waals surface area contributed by atoms with Crippen molar-refractivity contribution in [2.24, 2.45) is 0 Å². The van der Waals surface area contributed by atoms with E-state index in [-0.39, 0.29) is 16.8 Å². The molecule has 5 rings (SSSR count). The van der Waals surface area contributed by atoms with Gasteiger partial charge in [-0.3, -0.25) is 14.6 Å². The van der Waals surface area contributed by atoms with Crippen molar-refractivity contribution < 1.29 is 14.3 Å². The van der Waals surface area contributed by atoms with Crippen LogP contribution in [-0.4, -0.2) is 36.4 Å². The largest absolute Gasteiger partial charge is 0.348 e. The molecule has 6 nitrogen and oxygen atoms in total. The third-order valence-electron chi connectivity index (χ3n) is 5.68. The van der Waals surface area contributed by atoms with Crippen molar-refractivity contribution in [3.8, 4) is 0 Å². The molecule has 2 aromatic heterocycles. The molecule has 2 aromatic carbocycles. The number of rotatable bonds is 5. The number of ketones is 1. The molecule has 0 unspecified atom stereocenters. The Kier molecular flexibility index (Phi) is 5.90. The molecule has 1 aliphatic rings. The number of carbonyl (C=O) groups excluding carboxylic acids is 1. The normalized spacial score (nSPS) is 14.4. The Labute approximate surface area is 192 Å². The van der Waals surface area contributed by atoms with Crippen LogP contribution in [0, 0.1) is 0 Å². The molecule has 2 radical (unpaired) electrons. The lowest BCUT2D eigenvalue weighted by Crippen LogP contribution is -2.24. The van der Waals surface area contributed by atoms with Crippen LogP contribution in [0.3, 0.4) is 0 Å². The van der Waals surface area contributed by atoms with Gasteiger partial charge in [0.2, 0.25) is 5.43 Å². The first-order valence-electron chi connectivity index (χ1n) is 10.8. The lowest BCUT2D eigenvalue weighted by molar-refractivity contribution is -0.183. The molecule has 0 saturated carbocycles. The van der Waals surface area contributed by atoms with E-state index in [0.29, 0.717) is 41.9 Å². The van der Waals surface area contributed by atoms with Crippen molar-refractivity contribution >= 4 is 30.1 Å². The van der Waals surface area contributed by atoms with E-state index in [2.05, 4.69) is 4.98 Å². The Balaban J connectivity index is 1.62. The minimum Gasteiger partial charge on any atom is -0.348 e. The first kappa shape index (κ1) is 21.3. The molecule has 0 atom stereocenters. The number of aromatic nitrogens is 2. The van der Waals surface area contributed by atoms with Gasteiger partial charge in [0.15, 0.2) is 12.1 Å². The molecule has 0 amide bonds. The van der Waals surface area contributed by atoms with E-state index in [0.717, 1.165) is 17.6 Å². The van der Waals surface area contributed by atoms with Gasteiger partial charge in [-0.15, -0.1) is 0 Å². The molecule has 1 fully saturated rings. The summed E-state index contributed by atoms with van der Waals surface area (Å²) in [5.74, 6) is -0.367. The Morgan fingerprint density at radius 2 is 1.73 bits per heavy atom. The van der Waals surface area contributed by atoms with Crippen molar-refractivity contribution in [3.05, 3.63) is 106 Å². The molecule has 3 heterocycles. The van der Waals surface area contributed by atoms with Gasteiger partial charge in [-0.25, -0.2) is 0 Å². The highest BCUT2D eigenvalue weighted by molar-refractivity contribution is 6.30. The van der Waals surface area contributed by atoms with Crippen LogP contribution in [0.4, 0.5) is 0 Å². The molecule has 0 N–H and O–H groups in total. The first-order chi connectivity index (χ1) is 16.1. The van der Waals surface area contributed by atoms with E-state index in [9.17, 15) is 9.59 Å². The van der Waals surface area contributed by atoms with E-state index in [1.165, 1.54) is 0 Å². The fourth-order valence-electron chi connectivity index (χ4n) is 4.12. The number of nitrogens with zero attached hydrogens (tertiary/aromatic N) is 2. The van der Waals surface area contributed by atoms with Crippen LogP contribution in [0.1, 0.15) is 39.9 Å². The molecule has 0 spiro atoms. The Hall–Kier alpha value is -3.55. The molecular weight excluding hydrogens is 415 g/mol. The number of carbonyl (C=O) groups is 1. The summed E-state index contributed by atoms with van der Waals surface area (Å²) in [7, 11) is 5.84. The molecule has 1 aliphatic heterocycles. The molecule has 0 aliphatic carbocycles. The second kappa shape index (κ2) is 9.14. The molecular formula is C26H21BN2O4. The van der Waals surface area contributed by atoms with Crippen LogP contribution in [0.2, 0.25) is 0 Å². The number of fused-ring (bicyclic) bond motifs is 1. The van der Waals surface area contributed by atoms with Gasteiger partial charge in [0.05, 0.1) is 36.5 Å². The number of ether oxygens (including phenoxy) is 2. The Morgan fingerprint density at radius 3 is 2.55 bits per heavy atom. The quantitative estimate of drug-likeness (QED) is 0.356. The van der Waals surface area contributed by atoms with Gasteiger partial charge in [-0.2, -0.15) is 0 Å². The standard InChI is InChI=1S/C26H21BN2O4/c27-23-12-5-7-17(28-23)15-29-16-21(25(31)20-10-3-4-11-22(20)29)24(30)18-8-1-2-9-19(18)26-32-13-6-14-33-26/h1-5,7-12,16,26H,6,13-15H2. The van der Waals surface area contributed by atoms with Crippen LogP contribution >= 0.6 is 0 Å². The maximum absolute atomic E-state index is 13.7. The van der Waals surface area contributed by atoms with Crippen LogP contribution in [-0.2, 0) is 16.0 Å². The lowest BCUT2D eigenvalue weighted by atomic mass is 9.97. The maximum atomic E-state index is 13.7. The zero-order valence-corrected chi connectivity index (χ0v) is 17.9. The third-order valence-corrected chi connectivity index (χ3v) is 5.68. The lowest BCUT2D eigenvalue weighted by Gasteiger charge is -2.25. The van der Waals surface area contributed by atoms with Crippen molar-refractivity contribution in [2.75, 3.05) is 13.2 Å². The third kappa shape index (κ3) is 4.25. The van der Waals surface area contributed by atoms with E-state index >= 15 is 0 Å². The fourth-order valence-corrected chi connectivity index (χ4v) is 4.12. The summed E-state index contributed by atoms with van der Waals surface area (Å²) in [6.07, 6.45) is 1.79. The van der Waals surface area contributed by atoms with E-state index in [4.69, 9.17) is 17.3 Å². The summed E-state index contributed by atoms with van der Waals surface area (Å²) in [6, 6.07) is 19.8. The molecule has 162 valence electrons. The smallest absolute Gasteiger partial charge is 0.200 e. The van der Waals surface area contributed by atoms with Gasteiger partial charge in [-0.05, 0) is 30.2 Å². The summed E-state index contributed by atoms with van der Waals surface area (Å²) in [5.41, 5.74) is 2.65. The summed E-state index contributed by atoms with van der Waals surface area (Å²) >= 11 is 0. The monoisotopic (exact) mass is 436 g/mol. The zero-order chi connectivity index (χ0) is 22.8. The molecule has 7 heteroatoms. The molecule has 4 aromatic rings. The van der Waals surface area contributed by atoms with Gasteiger partial charge < -0.3 is 14.0 Å². The highest BCUT2D eigenvalue weighted by Crippen LogP contribution is 2.27. The zero-order valence-electron chi connectivity index (χ0n) is 17.9. The van der Waals surface area contributed by atoms with Crippen molar-refractivity contribution in [2.45, 2.75) is 19.3 Å². The van der Waals surface area contributed by atoms with E-state index in [1.807, 2.05) is 34.9 Å². The van der Waals surface area contributed by atoms with Crippen molar-refractivity contribution in [1.82, 2.24) is 9.55 Å². The van der Waals surface area contributed by atoms with Crippen LogP contribution in [0.5, 0.6) is 0 Å². The predicted molar refractivity (Wildman–Crippen MR) is 126 cm³/mol. The number of hydrogen-bond acceptors (Lipinski definition) is 5. The van der Waals surface area contributed by atoms with E-state index in [1.54, 1.807) is 42.6 Å². The number of para-hydroxylation sites is 1. The van der Waals surface area contributed by atoms with Gasteiger partial charge >= 0.3 is 0 Å². The summed E-state index contributed by atoms with van der Waals surface area (Å²) in [4.78, 5) is 31.4. The highest BCUT2D eigenvalue weighted by atomic mass is 16.7. The van der Waals surface area contributed by atoms with Crippen LogP contribution in [0.25, 0.3) is 10.9 Å². The van der Waals surface area contributed by atoms with Gasteiger partial charge in [0, 0.05) is 22.7 Å². The van der Waals surface area contributed by atoms with Crippen molar-refractivity contribution in [1.29, 1.82) is 0 Å². The average Bonchev–Trinajstić information content (AvgIpc) is 2.86. The minimum absolute atomic E-state index is 0.0841. The average molecular weight is 436 g/mol. The Bertz CT molecular complexity index is 1390. The van der Waals surface area contributed by atoms with Crippen LogP contribution < -0.4 is 11.0 Å². The van der Waals surface area contributed by atoms with Gasteiger partial charge in [0.25, 0.3) is 0 Å². The van der Waals surface area contributed by atoms with E-state index < -0.39 is 6.29 Å². The van der Waals surface area contributed by atoms with Crippen molar-refractivity contribution in [3.63, 3.8) is 0 Å². The highest BCUT2D eigenvalue weighted by Gasteiger charge is 2.25. The number of pyridine rings is 2. The number of benzene rings is 2. The van der Waals surface area contributed by atoms with Gasteiger partial charge in [0.1, 0.15) is 7.85 Å². The summed E-state index contributed by atoms with van der Waals surface area (Å²) < 4.78 is 13.3. The van der Waals surface area contributed by atoms with Crippen LogP contribution in [0.15, 0.2) is 77.7 Å². The molecule has 0 bridgehead atoms. The first-order valence-corrected chi connectivity index (χ1v) is 10.8. The SMILES string of the molecule is [B]c1cccc(Cn2cc(C(=O)c3ccccc3C3OCCCO3)c(=O)c3ccccc32)n1. The fraction of sp³-hybridized carbons (Fsp3) is 0.192. The van der Waals surface area contributed by atoms with Gasteiger partial charge in [-0.1, -0.05) is 48.5 Å². The topological polar surface area (TPSA) is 70.4 Å². The summed E-state index contributed by atoms with van der Waals surface area (Å²) in [5, 5.41) is 0.468. The second-order valence-electron chi connectivity index (χ2n) is 7.91. The number of hydrogen-bond donors (Lipinski definition) is 0. The molecule has 33 heavy (non-hydrogen) atoms. The second-order valence-corrected chi connectivity index (χ2v) is 7.91. The molecule has 1 saturated heterocycles. The Morgan fingerprint density at radius 1 is 0.970 bits per heavy atom. The maximum Gasteiger partial charge on any atom is 0.200 e.